The van der Waals surface area contributed by atoms with Gasteiger partial charge in [-0.2, -0.15) is 8.78 Å². The number of fused-ring (bicyclic) bond motifs is 1. The number of aromatic nitrogens is 1. The van der Waals surface area contributed by atoms with Gasteiger partial charge in [0.25, 0.3) is 0 Å². The highest BCUT2D eigenvalue weighted by molar-refractivity contribution is 5.97. The standard InChI is InChI=1S/C23H27F3N2O6/c1-2-5-27(9-11-6-16(29)17(30)7-11)19-15(24)8-13-18(21(19)34-23(25)26)28(12-3-4-12)10-14(20(13)31)22(32)33/h8,10-12,16-17,23,29-30H,2-7,9H2,1H3,(H,32,33). The summed E-state index contributed by atoms with van der Waals surface area (Å²) in [6.07, 6.45) is 1.66. The number of anilines is 1. The van der Waals surface area contributed by atoms with Gasteiger partial charge in [-0.1, -0.05) is 6.92 Å². The maximum atomic E-state index is 15.5. The molecule has 0 amide bonds. The van der Waals surface area contributed by atoms with Gasteiger partial charge in [-0.05, 0) is 44.1 Å². The molecule has 4 rings (SSSR count). The SMILES string of the molecule is CCCN(CC1CC(O)C(O)C1)c1c(F)cc2c(=O)c(C(=O)O)cn(C3CC3)c2c1OC(F)F. The van der Waals surface area contributed by atoms with Gasteiger partial charge < -0.3 is 29.5 Å². The van der Waals surface area contributed by atoms with Gasteiger partial charge in [0.15, 0.2) is 11.6 Å². The molecule has 1 aromatic heterocycles. The lowest BCUT2D eigenvalue weighted by molar-refractivity contribution is -0.0488. The Labute approximate surface area is 193 Å². The van der Waals surface area contributed by atoms with Crippen LogP contribution in [-0.4, -0.2) is 57.8 Å². The van der Waals surface area contributed by atoms with E-state index < -0.39 is 47.3 Å². The van der Waals surface area contributed by atoms with E-state index in [1.165, 1.54) is 9.47 Å². The number of carboxylic acid groups (broad SMARTS) is 1. The number of rotatable bonds is 9. The van der Waals surface area contributed by atoms with Crippen LogP contribution in [-0.2, 0) is 0 Å². The Morgan fingerprint density at radius 1 is 1.26 bits per heavy atom. The summed E-state index contributed by atoms with van der Waals surface area (Å²) < 4.78 is 48.9. The second-order valence-electron chi connectivity index (χ2n) is 9.04. The molecule has 2 fully saturated rings. The molecule has 0 bridgehead atoms. The van der Waals surface area contributed by atoms with Crippen LogP contribution >= 0.6 is 0 Å². The van der Waals surface area contributed by atoms with Crippen molar-refractivity contribution >= 4 is 22.6 Å². The topological polar surface area (TPSA) is 112 Å². The molecule has 2 saturated carbocycles. The van der Waals surface area contributed by atoms with Crippen molar-refractivity contribution in [3.63, 3.8) is 0 Å². The highest BCUT2D eigenvalue weighted by atomic mass is 19.3. The van der Waals surface area contributed by atoms with Gasteiger partial charge in [0.2, 0.25) is 5.43 Å². The fourth-order valence-corrected chi connectivity index (χ4v) is 4.85. The molecule has 2 aliphatic carbocycles. The van der Waals surface area contributed by atoms with E-state index in [4.69, 9.17) is 4.74 Å². The predicted octanol–water partition coefficient (Wildman–Crippen LogP) is 3.12. The van der Waals surface area contributed by atoms with E-state index in [9.17, 15) is 33.7 Å². The number of carbonyl (C=O) groups is 1. The van der Waals surface area contributed by atoms with Gasteiger partial charge in [0.1, 0.15) is 11.3 Å². The summed E-state index contributed by atoms with van der Waals surface area (Å²) in [4.78, 5) is 26.0. The Morgan fingerprint density at radius 2 is 1.91 bits per heavy atom. The first-order valence-corrected chi connectivity index (χ1v) is 11.3. The highest BCUT2D eigenvalue weighted by Gasteiger charge is 2.35. The van der Waals surface area contributed by atoms with Crippen molar-refractivity contribution in [3.8, 4) is 5.75 Å². The van der Waals surface area contributed by atoms with E-state index in [2.05, 4.69) is 0 Å². The Kier molecular flexibility index (Phi) is 6.77. The van der Waals surface area contributed by atoms with Crippen molar-refractivity contribution in [2.45, 2.75) is 63.9 Å². The normalized spacial score (nSPS) is 22.5. The van der Waals surface area contributed by atoms with Crippen molar-refractivity contribution in [2.24, 2.45) is 5.92 Å². The number of benzene rings is 1. The number of pyridine rings is 1. The van der Waals surface area contributed by atoms with E-state index in [1.54, 1.807) is 0 Å². The third-order valence-electron chi connectivity index (χ3n) is 6.46. The summed E-state index contributed by atoms with van der Waals surface area (Å²) in [6.45, 7) is -1.04. The molecule has 0 aliphatic heterocycles. The molecule has 1 aromatic carbocycles. The number of ether oxygens (including phenoxy) is 1. The quantitative estimate of drug-likeness (QED) is 0.501. The molecule has 34 heavy (non-hydrogen) atoms. The van der Waals surface area contributed by atoms with E-state index >= 15 is 4.39 Å². The first-order valence-electron chi connectivity index (χ1n) is 11.3. The molecule has 3 N–H and O–H groups in total. The van der Waals surface area contributed by atoms with Crippen molar-refractivity contribution in [2.75, 3.05) is 18.0 Å². The summed E-state index contributed by atoms with van der Waals surface area (Å²) in [5, 5.41) is 28.9. The van der Waals surface area contributed by atoms with E-state index in [-0.39, 0.29) is 54.5 Å². The molecule has 0 radical (unpaired) electrons. The molecule has 0 spiro atoms. The van der Waals surface area contributed by atoms with Gasteiger partial charge >= 0.3 is 12.6 Å². The molecule has 186 valence electrons. The zero-order valence-electron chi connectivity index (χ0n) is 18.6. The molecule has 2 aromatic rings. The van der Waals surface area contributed by atoms with Gasteiger partial charge in [-0.3, -0.25) is 4.79 Å². The number of aromatic carboxylic acids is 1. The summed E-state index contributed by atoms with van der Waals surface area (Å²) in [7, 11) is 0. The number of alkyl halides is 2. The number of nitrogens with zero attached hydrogens (tertiary/aromatic N) is 2. The number of carboxylic acids is 1. The zero-order valence-corrected chi connectivity index (χ0v) is 18.6. The minimum absolute atomic E-state index is 0.0678. The van der Waals surface area contributed by atoms with Gasteiger partial charge in [-0.15, -0.1) is 0 Å². The summed E-state index contributed by atoms with van der Waals surface area (Å²) in [6, 6.07) is 0.664. The molecule has 2 aliphatic rings. The van der Waals surface area contributed by atoms with Crippen LogP contribution in [0.1, 0.15) is 55.4 Å². The maximum Gasteiger partial charge on any atom is 0.387 e. The maximum absolute atomic E-state index is 15.5. The molecule has 0 saturated heterocycles. The van der Waals surface area contributed by atoms with E-state index in [0.29, 0.717) is 19.3 Å². The highest BCUT2D eigenvalue weighted by Crippen LogP contribution is 2.45. The molecule has 2 unspecified atom stereocenters. The minimum atomic E-state index is -3.32. The number of hydrogen-bond acceptors (Lipinski definition) is 6. The van der Waals surface area contributed by atoms with Crippen LogP contribution in [0.2, 0.25) is 0 Å². The van der Waals surface area contributed by atoms with Crippen LogP contribution in [0.4, 0.5) is 18.9 Å². The predicted molar refractivity (Wildman–Crippen MR) is 117 cm³/mol. The van der Waals surface area contributed by atoms with E-state index in [0.717, 1.165) is 12.3 Å². The average molecular weight is 484 g/mol. The Bertz CT molecular complexity index is 1140. The lowest BCUT2D eigenvalue weighted by Crippen LogP contribution is -2.32. The average Bonchev–Trinajstić information content (AvgIpc) is 3.53. The monoisotopic (exact) mass is 484 g/mol. The molecular formula is C23H27F3N2O6. The molecule has 1 heterocycles. The van der Waals surface area contributed by atoms with Crippen molar-refractivity contribution < 1.29 is 38.0 Å². The number of hydrogen-bond donors (Lipinski definition) is 3. The summed E-state index contributed by atoms with van der Waals surface area (Å²) in [5.41, 5.74) is -1.87. The van der Waals surface area contributed by atoms with Crippen molar-refractivity contribution in [1.29, 1.82) is 0 Å². The minimum Gasteiger partial charge on any atom is -0.477 e. The number of halogens is 3. The molecule has 11 heteroatoms. The number of aliphatic hydroxyl groups is 2. The van der Waals surface area contributed by atoms with E-state index in [1.807, 2.05) is 6.92 Å². The molecule has 2 atom stereocenters. The first kappa shape index (κ1) is 24.3. The van der Waals surface area contributed by atoms with Crippen molar-refractivity contribution in [1.82, 2.24) is 4.57 Å². The number of aliphatic hydroxyl groups excluding tert-OH is 2. The Morgan fingerprint density at radius 3 is 2.44 bits per heavy atom. The summed E-state index contributed by atoms with van der Waals surface area (Å²) >= 11 is 0. The lowest BCUT2D eigenvalue weighted by atomic mass is 10.0. The molecule has 8 nitrogen and oxygen atoms in total. The Balaban J connectivity index is 1.94. The lowest BCUT2D eigenvalue weighted by Gasteiger charge is -2.30. The fraction of sp³-hybridized carbons (Fsp3) is 0.565. The smallest absolute Gasteiger partial charge is 0.387 e. The van der Waals surface area contributed by atoms with Crippen molar-refractivity contribution in [3.05, 3.63) is 33.9 Å². The summed E-state index contributed by atoms with van der Waals surface area (Å²) in [5.74, 6) is -3.21. The largest absolute Gasteiger partial charge is 0.477 e. The zero-order chi connectivity index (χ0) is 24.7. The third kappa shape index (κ3) is 4.58. The Hall–Kier alpha value is -2.79. The van der Waals surface area contributed by atoms with Gasteiger partial charge in [0, 0.05) is 25.3 Å². The second-order valence-corrected chi connectivity index (χ2v) is 9.04. The fourth-order valence-electron chi connectivity index (χ4n) is 4.85. The third-order valence-corrected chi connectivity index (χ3v) is 6.46. The van der Waals surface area contributed by atoms with Crippen LogP contribution in [0.25, 0.3) is 10.9 Å². The first-order chi connectivity index (χ1) is 16.1. The molecular weight excluding hydrogens is 457 g/mol. The van der Waals surface area contributed by atoms with Crippen LogP contribution in [0.5, 0.6) is 5.75 Å². The van der Waals surface area contributed by atoms with Crippen LogP contribution < -0.4 is 15.1 Å². The van der Waals surface area contributed by atoms with Crippen LogP contribution in [0.15, 0.2) is 17.1 Å². The second kappa shape index (κ2) is 9.46. The van der Waals surface area contributed by atoms with Gasteiger partial charge in [0.05, 0.1) is 23.1 Å². The van der Waals surface area contributed by atoms with Crippen LogP contribution in [0, 0.1) is 11.7 Å². The van der Waals surface area contributed by atoms with Gasteiger partial charge in [-0.25, -0.2) is 9.18 Å². The van der Waals surface area contributed by atoms with Crippen LogP contribution in [0.3, 0.4) is 0 Å².